The van der Waals surface area contributed by atoms with Gasteiger partial charge in [-0.15, -0.1) is 0 Å². The normalized spacial score (nSPS) is 18.9. The fourth-order valence-corrected chi connectivity index (χ4v) is 2.42. The zero-order valence-electron chi connectivity index (χ0n) is 12.7. The Hall–Kier alpha value is -1.14. The number of piperidine rings is 1. The van der Waals surface area contributed by atoms with Gasteiger partial charge < -0.3 is 10.6 Å². The quantitative estimate of drug-likeness (QED) is 0.597. The van der Waals surface area contributed by atoms with E-state index in [2.05, 4.69) is 22.9 Å². The number of nitrogens with one attached hydrogen (secondary N) is 3. The largest absolute Gasteiger partial charge is 0.338 e. The van der Waals surface area contributed by atoms with Crippen molar-refractivity contribution in [3.8, 4) is 0 Å². The van der Waals surface area contributed by atoms with Crippen LogP contribution in [0.5, 0.6) is 0 Å². The van der Waals surface area contributed by atoms with Gasteiger partial charge in [0.1, 0.15) is 0 Å². The Bertz CT molecular complexity index is 304. The van der Waals surface area contributed by atoms with Crippen LogP contribution in [0.3, 0.4) is 0 Å². The lowest BCUT2D eigenvalue weighted by Gasteiger charge is -2.27. The highest BCUT2D eigenvalue weighted by atomic mass is 16.2. The molecule has 0 aromatic carbocycles. The van der Waals surface area contributed by atoms with E-state index < -0.39 is 6.03 Å². The number of urea groups is 1. The lowest BCUT2D eigenvalue weighted by molar-refractivity contribution is -0.121. The van der Waals surface area contributed by atoms with Gasteiger partial charge in [-0.25, -0.2) is 4.79 Å². The van der Waals surface area contributed by atoms with Crippen LogP contribution in [0.2, 0.25) is 0 Å². The summed E-state index contributed by atoms with van der Waals surface area (Å²) in [5.74, 6) is 0.352. The van der Waals surface area contributed by atoms with Crippen LogP contribution in [0.1, 0.15) is 32.6 Å². The SMILES string of the molecule is CCCCNC(=O)NC(=O)CN(C)CC1CCCNC1. The number of nitrogens with zero attached hydrogens (tertiary/aromatic N) is 1. The molecule has 1 rings (SSSR count). The summed E-state index contributed by atoms with van der Waals surface area (Å²) in [6.45, 7) is 5.93. The second-order valence-electron chi connectivity index (χ2n) is 5.57. The summed E-state index contributed by atoms with van der Waals surface area (Å²) in [6, 6.07) is -0.392. The van der Waals surface area contributed by atoms with Crippen molar-refractivity contribution in [2.45, 2.75) is 32.6 Å². The highest BCUT2D eigenvalue weighted by molar-refractivity contribution is 5.95. The molecule has 1 aliphatic heterocycles. The van der Waals surface area contributed by atoms with E-state index in [1.165, 1.54) is 12.8 Å². The number of amides is 3. The summed E-state index contributed by atoms with van der Waals surface area (Å²) in [5.41, 5.74) is 0. The van der Waals surface area contributed by atoms with Crippen LogP contribution in [0, 0.1) is 5.92 Å². The first kappa shape index (κ1) is 16.9. The molecule has 6 heteroatoms. The molecule has 0 aliphatic carbocycles. The Balaban J connectivity index is 2.15. The summed E-state index contributed by atoms with van der Waals surface area (Å²) in [6.07, 6.45) is 4.35. The van der Waals surface area contributed by atoms with Gasteiger partial charge in [-0.1, -0.05) is 13.3 Å². The van der Waals surface area contributed by atoms with Crippen LogP contribution >= 0.6 is 0 Å². The van der Waals surface area contributed by atoms with Crippen molar-refractivity contribution in [3.63, 3.8) is 0 Å². The lowest BCUT2D eigenvalue weighted by atomic mass is 9.99. The van der Waals surface area contributed by atoms with Crippen molar-refractivity contribution in [2.75, 3.05) is 39.8 Å². The van der Waals surface area contributed by atoms with E-state index in [1.54, 1.807) is 0 Å². The molecule has 0 saturated carbocycles. The van der Waals surface area contributed by atoms with Crippen LogP contribution in [0.15, 0.2) is 0 Å². The van der Waals surface area contributed by atoms with Gasteiger partial charge >= 0.3 is 6.03 Å². The van der Waals surface area contributed by atoms with Gasteiger partial charge in [0.25, 0.3) is 0 Å². The zero-order valence-corrected chi connectivity index (χ0v) is 12.7. The molecule has 1 saturated heterocycles. The molecule has 1 heterocycles. The second kappa shape index (κ2) is 9.72. The topological polar surface area (TPSA) is 73.5 Å². The van der Waals surface area contributed by atoms with Crippen molar-refractivity contribution in [1.82, 2.24) is 20.9 Å². The minimum Gasteiger partial charge on any atom is -0.338 e. The average molecular weight is 284 g/mol. The number of hydrogen-bond acceptors (Lipinski definition) is 4. The molecular weight excluding hydrogens is 256 g/mol. The molecule has 1 unspecified atom stereocenters. The van der Waals surface area contributed by atoms with Crippen molar-refractivity contribution in [2.24, 2.45) is 5.92 Å². The molecule has 6 nitrogen and oxygen atoms in total. The van der Waals surface area contributed by atoms with E-state index in [9.17, 15) is 9.59 Å². The maximum atomic E-state index is 11.7. The predicted molar refractivity (Wildman–Crippen MR) is 79.5 cm³/mol. The number of unbranched alkanes of at least 4 members (excludes halogenated alkanes) is 1. The molecule has 0 aromatic heterocycles. The number of carbonyl (C=O) groups is 2. The molecule has 1 aliphatic rings. The molecule has 1 fully saturated rings. The molecule has 20 heavy (non-hydrogen) atoms. The van der Waals surface area contributed by atoms with Crippen LogP contribution in [0.4, 0.5) is 4.79 Å². The van der Waals surface area contributed by atoms with Gasteiger partial charge in [0.15, 0.2) is 0 Å². The maximum absolute atomic E-state index is 11.7. The first-order valence-corrected chi connectivity index (χ1v) is 7.58. The van der Waals surface area contributed by atoms with E-state index in [0.717, 1.165) is 32.5 Å². The molecule has 0 radical (unpaired) electrons. The maximum Gasteiger partial charge on any atom is 0.321 e. The molecule has 3 amide bonds. The Kier molecular flexibility index (Phi) is 8.22. The number of carbonyl (C=O) groups excluding carboxylic acids is 2. The smallest absolute Gasteiger partial charge is 0.321 e. The van der Waals surface area contributed by atoms with E-state index in [1.807, 2.05) is 11.9 Å². The number of rotatable bonds is 7. The van der Waals surface area contributed by atoms with E-state index in [0.29, 0.717) is 12.5 Å². The van der Waals surface area contributed by atoms with Crippen molar-refractivity contribution >= 4 is 11.9 Å². The van der Waals surface area contributed by atoms with E-state index in [4.69, 9.17) is 0 Å². The molecule has 0 spiro atoms. The van der Waals surface area contributed by atoms with Crippen LogP contribution < -0.4 is 16.0 Å². The number of imide groups is 1. The van der Waals surface area contributed by atoms with Gasteiger partial charge in [0.2, 0.25) is 5.91 Å². The first-order valence-electron chi connectivity index (χ1n) is 7.58. The fraction of sp³-hybridized carbons (Fsp3) is 0.857. The number of likely N-dealkylation sites (N-methyl/N-ethyl adjacent to an activating group) is 1. The van der Waals surface area contributed by atoms with E-state index in [-0.39, 0.29) is 12.5 Å². The first-order chi connectivity index (χ1) is 9.61. The van der Waals surface area contributed by atoms with Crippen molar-refractivity contribution < 1.29 is 9.59 Å². The third-order valence-electron chi connectivity index (χ3n) is 3.45. The Morgan fingerprint density at radius 2 is 2.20 bits per heavy atom. The minimum absolute atomic E-state index is 0.245. The lowest BCUT2D eigenvalue weighted by Crippen LogP contribution is -2.45. The summed E-state index contributed by atoms with van der Waals surface area (Å²) < 4.78 is 0. The predicted octanol–water partition coefficient (Wildman–Crippen LogP) is 0.544. The molecule has 1 atom stereocenters. The van der Waals surface area contributed by atoms with Crippen molar-refractivity contribution in [1.29, 1.82) is 0 Å². The summed E-state index contributed by atoms with van der Waals surface area (Å²) >= 11 is 0. The summed E-state index contributed by atoms with van der Waals surface area (Å²) in [7, 11) is 1.92. The monoisotopic (exact) mass is 284 g/mol. The van der Waals surface area contributed by atoms with Gasteiger partial charge in [-0.2, -0.15) is 0 Å². The Morgan fingerprint density at radius 3 is 2.85 bits per heavy atom. The van der Waals surface area contributed by atoms with Crippen LogP contribution in [-0.2, 0) is 4.79 Å². The number of hydrogen-bond donors (Lipinski definition) is 3. The van der Waals surface area contributed by atoms with Gasteiger partial charge in [-0.05, 0) is 45.3 Å². The van der Waals surface area contributed by atoms with Gasteiger partial charge in [-0.3, -0.25) is 15.0 Å². The highest BCUT2D eigenvalue weighted by Gasteiger charge is 2.17. The highest BCUT2D eigenvalue weighted by Crippen LogP contribution is 2.10. The summed E-state index contributed by atoms with van der Waals surface area (Å²) in [5, 5.41) is 8.39. The molecule has 116 valence electrons. The average Bonchev–Trinajstić information content (AvgIpc) is 2.39. The van der Waals surface area contributed by atoms with E-state index >= 15 is 0 Å². The third kappa shape index (κ3) is 7.45. The fourth-order valence-electron chi connectivity index (χ4n) is 2.42. The third-order valence-corrected chi connectivity index (χ3v) is 3.45. The van der Waals surface area contributed by atoms with Gasteiger partial charge in [0.05, 0.1) is 6.54 Å². The van der Waals surface area contributed by atoms with Crippen LogP contribution in [0.25, 0.3) is 0 Å². The van der Waals surface area contributed by atoms with Gasteiger partial charge in [0, 0.05) is 13.1 Å². The zero-order chi connectivity index (χ0) is 14.8. The molecule has 0 bridgehead atoms. The standard InChI is InChI=1S/C14H28N4O2/c1-3-4-8-16-14(20)17-13(19)11-18(2)10-12-6-5-7-15-9-12/h12,15H,3-11H2,1-2H3,(H2,16,17,19,20). The van der Waals surface area contributed by atoms with Crippen molar-refractivity contribution in [3.05, 3.63) is 0 Å². The Labute approximate surface area is 121 Å². The minimum atomic E-state index is -0.392. The second-order valence-corrected chi connectivity index (χ2v) is 5.57. The Morgan fingerprint density at radius 1 is 1.40 bits per heavy atom. The van der Waals surface area contributed by atoms with Crippen LogP contribution in [-0.4, -0.2) is 56.6 Å². The molecule has 3 N–H and O–H groups in total. The molecule has 0 aromatic rings. The summed E-state index contributed by atoms with van der Waals surface area (Å²) in [4.78, 5) is 25.1. The molecular formula is C14H28N4O2.